The first-order valence-electron chi connectivity index (χ1n) is 5.13. The van der Waals surface area contributed by atoms with Crippen LogP contribution < -0.4 is 0 Å². The van der Waals surface area contributed by atoms with Gasteiger partial charge in [0.2, 0.25) is 0 Å². The second-order valence-corrected chi connectivity index (χ2v) is 5.31. The van der Waals surface area contributed by atoms with E-state index in [-0.39, 0.29) is 0 Å². The lowest BCUT2D eigenvalue weighted by Crippen LogP contribution is -2.43. The van der Waals surface area contributed by atoms with E-state index in [9.17, 15) is 0 Å². The Balaban J connectivity index is 2.02. The number of ether oxygens (including phenoxy) is 1. The molecule has 3 heteroatoms. The molecule has 0 radical (unpaired) electrons. The third-order valence-electron chi connectivity index (χ3n) is 3.72. The van der Waals surface area contributed by atoms with E-state index in [0.29, 0.717) is 11.5 Å². The van der Waals surface area contributed by atoms with Gasteiger partial charge in [0, 0.05) is 16.4 Å². The van der Waals surface area contributed by atoms with Crippen LogP contribution in [0.15, 0.2) is 0 Å². The van der Waals surface area contributed by atoms with Gasteiger partial charge in [-0.2, -0.15) is 0 Å². The van der Waals surface area contributed by atoms with E-state index < -0.39 is 0 Å². The molecule has 1 unspecified atom stereocenters. The molecule has 0 bridgehead atoms. The SMILES string of the molecule is CN1CCC2(CCOC2CI)CC1. The highest BCUT2D eigenvalue weighted by molar-refractivity contribution is 14.1. The minimum Gasteiger partial charge on any atom is -0.377 e. The number of rotatable bonds is 1. The molecular weight excluding hydrogens is 277 g/mol. The number of alkyl halides is 1. The quantitative estimate of drug-likeness (QED) is 0.541. The monoisotopic (exact) mass is 295 g/mol. The van der Waals surface area contributed by atoms with Gasteiger partial charge in [0.15, 0.2) is 0 Å². The first-order chi connectivity index (χ1) is 6.27. The molecule has 2 aliphatic rings. The Morgan fingerprint density at radius 2 is 2.08 bits per heavy atom. The van der Waals surface area contributed by atoms with Crippen molar-refractivity contribution in [3.05, 3.63) is 0 Å². The van der Waals surface area contributed by atoms with Gasteiger partial charge in [-0.25, -0.2) is 0 Å². The van der Waals surface area contributed by atoms with Crippen LogP contribution in [-0.2, 0) is 4.74 Å². The largest absolute Gasteiger partial charge is 0.377 e. The summed E-state index contributed by atoms with van der Waals surface area (Å²) in [7, 11) is 2.22. The molecule has 0 N–H and O–H groups in total. The Hall–Kier alpha value is 0.650. The van der Waals surface area contributed by atoms with Gasteiger partial charge in [-0.15, -0.1) is 0 Å². The number of hydrogen-bond acceptors (Lipinski definition) is 2. The normalized spacial score (nSPS) is 34.2. The van der Waals surface area contributed by atoms with E-state index >= 15 is 0 Å². The fourth-order valence-electron chi connectivity index (χ4n) is 2.59. The van der Waals surface area contributed by atoms with Crippen LogP contribution in [0.2, 0.25) is 0 Å². The maximum Gasteiger partial charge on any atom is 0.0722 e. The molecule has 0 aromatic heterocycles. The maximum atomic E-state index is 5.80. The van der Waals surface area contributed by atoms with Crippen molar-refractivity contribution in [1.82, 2.24) is 4.90 Å². The average molecular weight is 295 g/mol. The standard InChI is InChI=1S/C10H18INO/c1-12-5-2-10(3-6-12)4-7-13-9(10)8-11/h9H,2-8H2,1H3. The van der Waals surface area contributed by atoms with Gasteiger partial charge in [0.05, 0.1) is 6.10 Å². The highest BCUT2D eigenvalue weighted by atomic mass is 127. The summed E-state index contributed by atoms with van der Waals surface area (Å²) in [6, 6.07) is 0. The Morgan fingerprint density at radius 3 is 2.69 bits per heavy atom. The molecular formula is C10H18INO. The van der Waals surface area contributed by atoms with Crippen molar-refractivity contribution in [2.75, 3.05) is 31.2 Å². The molecule has 13 heavy (non-hydrogen) atoms. The van der Waals surface area contributed by atoms with Gasteiger partial charge in [-0.1, -0.05) is 22.6 Å². The van der Waals surface area contributed by atoms with Crippen LogP contribution in [0.4, 0.5) is 0 Å². The fraction of sp³-hybridized carbons (Fsp3) is 1.00. The van der Waals surface area contributed by atoms with Crippen molar-refractivity contribution in [3.8, 4) is 0 Å². The molecule has 0 aliphatic carbocycles. The first kappa shape index (κ1) is 10.2. The van der Waals surface area contributed by atoms with Crippen molar-refractivity contribution in [2.24, 2.45) is 5.41 Å². The van der Waals surface area contributed by atoms with Crippen molar-refractivity contribution in [1.29, 1.82) is 0 Å². The van der Waals surface area contributed by atoms with Gasteiger partial charge >= 0.3 is 0 Å². The molecule has 2 nitrogen and oxygen atoms in total. The lowest BCUT2D eigenvalue weighted by Gasteiger charge is -2.40. The Kier molecular flexibility index (Phi) is 3.15. The van der Waals surface area contributed by atoms with Crippen LogP contribution in [-0.4, -0.2) is 42.2 Å². The number of hydrogen-bond donors (Lipinski definition) is 0. The summed E-state index contributed by atoms with van der Waals surface area (Å²) in [6.07, 6.45) is 4.53. The predicted octanol–water partition coefficient (Wildman–Crippen LogP) is 1.92. The minimum atomic E-state index is 0.543. The van der Waals surface area contributed by atoms with Crippen molar-refractivity contribution < 1.29 is 4.74 Å². The molecule has 1 atom stereocenters. The van der Waals surface area contributed by atoms with Crippen LogP contribution in [0.25, 0.3) is 0 Å². The Labute approximate surface area is 94.1 Å². The first-order valence-corrected chi connectivity index (χ1v) is 6.65. The summed E-state index contributed by atoms with van der Waals surface area (Å²) < 4.78 is 6.97. The topological polar surface area (TPSA) is 12.5 Å². The van der Waals surface area contributed by atoms with E-state index in [2.05, 4.69) is 34.5 Å². The van der Waals surface area contributed by atoms with E-state index in [1.54, 1.807) is 0 Å². The summed E-state index contributed by atoms with van der Waals surface area (Å²) in [4.78, 5) is 2.44. The Morgan fingerprint density at radius 1 is 1.38 bits per heavy atom. The zero-order valence-electron chi connectivity index (χ0n) is 8.26. The van der Waals surface area contributed by atoms with Crippen LogP contribution in [0, 0.1) is 5.41 Å². The van der Waals surface area contributed by atoms with Gasteiger partial charge < -0.3 is 9.64 Å². The maximum absolute atomic E-state index is 5.80. The summed E-state index contributed by atoms with van der Waals surface area (Å²) in [5.41, 5.74) is 0.549. The fourth-order valence-corrected chi connectivity index (χ4v) is 3.77. The second kappa shape index (κ2) is 4.03. The molecule has 2 saturated heterocycles. The zero-order valence-corrected chi connectivity index (χ0v) is 10.4. The molecule has 76 valence electrons. The summed E-state index contributed by atoms with van der Waals surface area (Å²) in [5, 5.41) is 0. The Bertz CT molecular complexity index is 178. The number of halogens is 1. The molecule has 0 saturated carbocycles. The van der Waals surface area contributed by atoms with Crippen LogP contribution in [0.5, 0.6) is 0 Å². The highest BCUT2D eigenvalue weighted by Gasteiger charge is 2.44. The lowest BCUT2D eigenvalue weighted by atomic mass is 9.73. The molecule has 2 heterocycles. The summed E-state index contributed by atoms with van der Waals surface area (Å²) in [5.74, 6) is 0. The zero-order chi connectivity index (χ0) is 9.31. The lowest BCUT2D eigenvalue weighted by molar-refractivity contribution is 0.0309. The third-order valence-corrected chi connectivity index (χ3v) is 4.52. The highest BCUT2D eigenvalue weighted by Crippen LogP contribution is 2.44. The molecule has 0 amide bonds. The molecule has 0 aromatic carbocycles. The number of likely N-dealkylation sites (tertiary alicyclic amines) is 1. The molecule has 0 aromatic rings. The van der Waals surface area contributed by atoms with Gasteiger partial charge in [-0.3, -0.25) is 0 Å². The van der Waals surface area contributed by atoms with E-state index in [4.69, 9.17) is 4.74 Å². The van der Waals surface area contributed by atoms with Crippen LogP contribution >= 0.6 is 22.6 Å². The predicted molar refractivity (Wildman–Crippen MR) is 62.4 cm³/mol. The molecule has 2 fully saturated rings. The number of nitrogens with zero attached hydrogens (tertiary/aromatic N) is 1. The second-order valence-electron chi connectivity index (χ2n) is 4.43. The van der Waals surface area contributed by atoms with Crippen LogP contribution in [0.1, 0.15) is 19.3 Å². The van der Waals surface area contributed by atoms with E-state index in [0.717, 1.165) is 6.61 Å². The molecule has 1 spiro atoms. The van der Waals surface area contributed by atoms with Crippen molar-refractivity contribution in [3.63, 3.8) is 0 Å². The van der Waals surface area contributed by atoms with Crippen molar-refractivity contribution >= 4 is 22.6 Å². The van der Waals surface area contributed by atoms with E-state index in [1.165, 1.54) is 36.8 Å². The van der Waals surface area contributed by atoms with Gasteiger partial charge in [0.1, 0.15) is 0 Å². The summed E-state index contributed by atoms with van der Waals surface area (Å²) in [6.45, 7) is 3.52. The number of piperidine rings is 1. The smallest absolute Gasteiger partial charge is 0.0722 e. The van der Waals surface area contributed by atoms with Gasteiger partial charge in [0.25, 0.3) is 0 Å². The van der Waals surface area contributed by atoms with Crippen molar-refractivity contribution in [2.45, 2.75) is 25.4 Å². The molecule has 2 rings (SSSR count). The minimum absolute atomic E-state index is 0.543. The van der Waals surface area contributed by atoms with E-state index in [1.807, 2.05) is 0 Å². The average Bonchev–Trinajstić information content (AvgIpc) is 2.54. The third kappa shape index (κ3) is 1.88. The molecule has 2 aliphatic heterocycles. The van der Waals surface area contributed by atoms with Crippen LogP contribution in [0.3, 0.4) is 0 Å². The van der Waals surface area contributed by atoms with Gasteiger partial charge in [-0.05, 0) is 39.4 Å². The summed E-state index contributed by atoms with van der Waals surface area (Å²) >= 11 is 2.47.